The van der Waals surface area contributed by atoms with Gasteiger partial charge >= 0.3 is 0 Å². The summed E-state index contributed by atoms with van der Waals surface area (Å²) in [7, 11) is 3.17. The number of fused-ring (bicyclic) bond motifs is 1. The number of nitrogens with zero attached hydrogens (tertiary/aromatic N) is 3. The Morgan fingerprint density at radius 1 is 1.26 bits per heavy atom. The summed E-state index contributed by atoms with van der Waals surface area (Å²) < 4.78 is 12.8. The van der Waals surface area contributed by atoms with Crippen molar-refractivity contribution < 1.29 is 19.1 Å². The Labute approximate surface area is 180 Å². The Bertz CT molecular complexity index is 1030. The lowest BCUT2D eigenvalue weighted by Crippen LogP contribution is -2.53. The quantitative estimate of drug-likeness (QED) is 0.685. The first-order valence-corrected chi connectivity index (χ1v) is 10.2. The van der Waals surface area contributed by atoms with E-state index in [2.05, 4.69) is 11.9 Å². The van der Waals surface area contributed by atoms with Crippen LogP contribution in [0.25, 0.3) is 11.3 Å². The Morgan fingerprint density at radius 3 is 2.45 bits per heavy atom. The summed E-state index contributed by atoms with van der Waals surface area (Å²) in [5.41, 5.74) is 8.15. The fourth-order valence-corrected chi connectivity index (χ4v) is 4.46. The minimum atomic E-state index is -0.556. The fraction of sp³-hybridized carbons (Fsp3) is 0.409. The van der Waals surface area contributed by atoms with Gasteiger partial charge in [-0.1, -0.05) is 6.58 Å². The summed E-state index contributed by atoms with van der Waals surface area (Å²) in [5.74, 6) is 1.52. The molecule has 1 saturated heterocycles. The van der Waals surface area contributed by atoms with Crippen LogP contribution in [0.4, 0.5) is 5.82 Å². The first-order valence-electron chi connectivity index (χ1n) is 10.2. The fourth-order valence-electron chi connectivity index (χ4n) is 4.46. The standard InChI is InChI=1S/C22H27N5O4/c1-5-18(28)26-10-14(11-26)15-6-7-24-22-19(21(23)29)20(25-27(15)22)13-8-16(30-3)12(2)17(9-13)31-4/h5,8-9,14-15,24H,1,6-7,10-11H2,2-4H3,(H2,23,29). The van der Waals surface area contributed by atoms with Gasteiger partial charge in [0.15, 0.2) is 0 Å². The van der Waals surface area contributed by atoms with Crippen LogP contribution in [0.1, 0.15) is 28.4 Å². The summed E-state index contributed by atoms with van der Waals surface area (Å²) in [4.78, 5) is 26.0. The molecule has 1 aromatic heterocycles. The highest BCUT2D eigenvalue weighted by Gasteiger charge is 2.40. The smallest absolute Gasteiger partial charge is 0.254 e. The van der Waals surface area contributed by atoms with Crippen LogP contribution in [-0.4, -0.2) is 60.3 Å². The maximum Gasteiger partial charge on any atom is 0.254 e. The summed E-state index contributed by atoms with van der Waals surface area (Å²) in [6.07, 6.45) is 2.17. The van der Waals surface area contributed by atoms with Gasteiger partial charge in [0.2, 0.25) is 5.91 Å². The highest BCUT2D eigenvalue weighted by molar-refractivity contribution is 6.04. The van der Waals surface area contributed by atoms with Crippen LogP contribution in [-0.2, 0) is 4.79 Å². The molecular weight excluding hydrogens is 398 g/mol. The van der Waals surface area contributed by atoms with E-state index < -0.39 is 5.91 Å². The van der Waals surface area contributed by atoms with Gasteiger partial charge < -0.3 is 25.4 Å². The first kappa shape index (κ1) is 20.8. The molecule has 2 aromatic rings. The molecule has 0 aliphatic carbocycles. The molecule has 1 fully saturated rings. The Kier molecular flexibility index (Phi) is 5.34. The van der Waals surface area contributed by atoms with Crippen molar-refractivity contribution in [2.24, 2.45) is 11.7 Å². The second kappa shape index (κ2) is 7.98. The van der Waals surface area contributed by atoms with E-state index in [1.165, 1.54) is 6.08 Å². The van der Waals surface area contributed by atoms with Crippen LogP contribution in [0.15, 0.2) is 24.8 Å². The van der Waals surface area contributed by atoms with Crippen LogP contribution in [0, 0.1) is 12.8 Å². The van der Waals surface area contributed by atoms with Crippen molar-refractivity contribution in [2.45, 2.75) is 19.4 Å². The zero-order chi connectivity index (χ0) is 22.3. The number of nitrogens with two attached hydrogens (primary N) is 1. The Morgan fingerprint density at radius 2 is 1.90 bits per heavy atom. The van der Waals surface area contributed by atoms with E-state index in [9.17, 15) is 9.59 Å². The number of benzene rings is 1. The number of carbonyl (C=O) groups is 2. The molecule has 2 amide bonds. The molecule has 1 aromatic carbocycles. The van der Waals surface area contributed by atoms with Crippen LogP contribution >= 0.6 is 0 Å². The number of methoxy groups -OCH3 is 2. The third-order valence-electron chi connectivity index (χ3n) is 6.17. The molecule has 9 nitrogen and oxygen atoms in total. The van der Waals surface area contributed by atoms with Crippen LogP contribution in [0.3, 0.4) is 0 Å². The number of hydrogen-bond acceptors (Lipinski definition) is 6. The molecule has 0 saturated carbocycles. The molecular formula is C22H27N5O4. The van der Waals surface area contributed by atoms with Crippen molar-refractivity contribution in [2.75, 3.05) is 39.2 Å². The summed E-state index contributed by atoms with van der Waals surface area (Å²) >= 11 is 0. The normalized spacial score (nSPS) is 17.9. The van der Waals surface area contributed by atoms with Gasteiger partial charge in [0, 0.05) is 36.7 Å². The summed E-state index contributed by atoms with van der Waals surface area (Å²) in [6.45, 7) is 7.43. The van der Waals surface area contributed by atoms with E-state index >= 15 is 0 Å². The second-order valence-electron chi connectivity index (χ2n) is 7.88. The van der Waals surface area contributed by atoms with Gasteiger partial charge in [0.05, 0.1) is 20.3 Å². The Hall–Kier alpha value is -3.49. The highest BCUT2D eigenvalue weighted by atomic mass is 16.5. The lowest BCUT2D eigenvalue weighted by molar-refractivity contribution is -0.133. The number of primary amides is 1. The molecule has 1 unspecified atom stereocenters. The van der Waals surface area contributed by atoms with E-state index in [1.54, 1.807) is 19.1 Å². The minimum Gasteiger partial charge on any atom is -0.496 e. The highest BCUT2D eigenvalue weighted by Crippen LogP contribution is 2.41. The molecule has 3 N–H and O–H groups in total. The third kappa shape index (κ3) is 3.39. The topological polar surface area (TPSA) is 112 Å². The second-order valence-corrected chi connectivity index (χ2v) is 7.88. The Balaban J connectivity index is 1.77. The van der Waals surface area contributed by atoms with Gasteiger partial charge in [-0.2, -0.15) is 5.10 Å². The maximum atomic E-state index is 12.4. The molecule has 31 heavy (non-hydrogen) atoms. The number of hydrogen-bond donors (Lipinski definition) is 2. The van der Waals surface area contributed by atoms with E-state index in [4.69, 9.17) is 20.3 Å². The molecule has 0 radical (unpaired) electrons. The number of nitrogens with one attached hydrogen (secondary N) is 1. The molecule has 9 heteroatoms. The third-order valence-corrected chi connectivity index (χ3v) is 6.17. The van der Waals surface area contributed by atoms with Crippen molar-refractivity contribution in [1.29, 1.82) is 0 Å². The lowest BCUT2D eigenvalue weighted by atomic mass is 9.88. The number of carbonyl (C=O) groups excluding carboxylic acids is 2. The molecule has 1 atom stereocenters. The number of rotatable bonds is 6. The monoisotopic (exact) mass is 425 g/mol. The molecule has 4 rings (SSSR count). The molecule has 0 spiro atoms. The van der Waals surface area contributed by atoms with Crippen molar-refractivity contribution in [3.05, 3.63) is 35.9 Å². The molecule has 0 bridgehead atoms. The number of likely N-dealkylation sites (tertiary alicyclic amines) is 1. The average Bonchev–Trinajstić information content (AvgIpc) is 3.13. The number of ether oxygens (including phenoxy) is 2. The number of anilines is 1. The van der Waals surface area contributed by atoms with Crippen LogP contribution < -0.4 is 20.5 Å². The summed E-state index contributed by atoms with van der Waals surface area (Å²) in [5, 5.41) is 8.11. The molecule has 2 aliphatic rings. The maximum absolute atomic E-state index is 12.4. The van der Waals surface area contributed by atoms with Gasteiger partial charge in [-0.25, -0.2) is 4.68 Å². The average molecular weight is 425 g/mol. The van der Waals surface area contributed by atoms with E-state index in [0.29, 0.717) is 53.8 Å². The number of aromatic nitrogens is 2. The van der Waals surface area contributed by atoms with Gasteiger partial charge in [-0.3, -0.25) is 9.59 Å². The van der Waals surface area contributed by atoms with Gasteiger partial charge in [-0.05, 0) is 31.6 Å². The predicted molar refractivity (Wildman–Crippen MR) is 116 cm³/mol. The van der Waals surface area contributed by atoms with E-state index in [0.717, 1.165) is 12.0 Å². The van der Waals surface area contributed by atoms with Crippen molar-refractivity contribution in [3.63, 3.8) is 0 Å². The SMILES string of the molecule is C=CC(=O)N1CC(C2CCNc3c(C(N)=O)c(-c4cc(OC)c(C)c(OC)c4)nn32)C1. The van der Waals surface area contributed by atoms with Gasteiger partial charge in [0.25, 0.3) is 5.91 Å². The predicted octanol–water partition coefficient (Wildman–Crippen LogP) is 1.98. The zero-order valence-electron chi connectivity index (χ0n) is 18.0. The molecule has 164 valence electrons. The first-order chi connectivity index (χ1) is 14.9. The lowest BCUT2D eigenvalue weighted by Gasteiger charge is -2.44. The van der Waals surface area contributed by atoms with Gasteiger partial charge in [-0.15, -0.1) is 0 Å². The summed E-state index contributed by atoms with van der Waals surface area (Å²) in [6, 6.07) is 3.73. The molecule has 2 aliphatic heterocycles. The molecule has 3 heterocycles. The van der Waals surface area contributed by atoms with E-state index in [-0.39, 0.29) is 17.9 Å². The zero-order valence-corrected chi connectivity index (χ0v) is 18.0. The number of amides is 2. The van der Waals surface area contributed by atoms with Gasteiger partial charge in [0.1, 0.15) is 28.6 Å². The van der Waals surface area contributed by atoms with Crippen LogP contribution in [0.5, 0.6) is 11.5 Å². The largest absolute Gasteiger partial charge is 0.496 e. The minimum absolute atomic E-state index is 0.0613. The van der Waals surface area contributed by atoms with E-state index in [1.807, 2.05) is 23.7 Å². The van der Waals surface area contributed by atoms with Crippen molar-refractivity contribution in [1.82, 2.24) is 14.7 Å². The van der Waals surface area contributed by atoms with Crippen LogP contribution in [0.2, 0.25) is 0 Å². The van der Waals surface area contributed by atoms with Crippen molar-refractivity contribution >= 4 is 17.6 Å². The van der Waals surface area contributed by atoms with Crippen molar-refractivity contribution in [3.8, 4) is 22.8 Å².